The van der Waals surface area contributed by atoms with Gasteiger partial charge in [0.1, 0.15) is 11.4 Å². The van der Waals surface area contributed by atoms with E-state index in [1.54, 1.807) is 0 Å². The third-order valence-corrected chi connectivity index (χ3v) is 3.04. The molecule has 0 bridgehead atoms. The van der Waals surface area contributed by atoms with Crippen LogP contribution >= 0.6 is 11.6 Å². The van der Waals surface area contributed by atoms with Crippen molar-refractivity contribution in [3.63, 3.8) is 0 Å². The van der Waals surface area contributed by atoms with Crippen LogP contribution in [0.4, 0.5) is 5.82 Å². The van der Waals surface area contributed by atoms with Crippen LogP contribution in [0.5, 0.6) is 0 Å². The standard InChI is InChI=1S/C11H13ClN2O4/c12-8-3-7(10(15)16)4-13-9(8)14-5-11(17)1-2-18-6-11/h3-4,17H,1-2,5-6H2,(H,13,14)(H,15,16). The number of pyridine rings is 1. The third kappa shape index (κ3) is 2.90. The summed E-state index contributed by atoms with van der Waals surface area (Å²) in [6, 6.07) is 1.31. The Morgan fingerprint density at radius 3 is 3.00 bits per heavy atom. The minimum absolute atomic E-state index is 0.0217. The number of rotatable bonds is 4. The summed E-state index contributed by atoms with van der Waals surface area (Å²) in [5.41, 5.74) is -0.898. The van der Waals surface area contributed by atoms with E-state index < -0.39 is 11.6 Å². The first-order valence-electron chi connectivity index (χ1n) is 5.43. The summed E-state index contributed by atoms with van der Waals surface area (Å²) in [5, 5.41) is 21.9. The van der Waals surface area contributed by atoms with Gasteiger partial charge in [-0.25, -0.2) is 9.78 Å². The lowest BCUT2D eigenvalue weighted by Gasteiger charge is -2.21. The van der Waals surface area contributed by atoms with Crippen LogP contribution in [0.2, 0.25) is 5.02 Å². The van der Waals surface area contributed by atoms with Crippen molar-refractivity contribution in [3.05, 3.63) is 22.8 Å². The topological polar surface area (TPSA) is 91.7 Å². The highest BCUT2D eigenvalue weighted by Crippen LogP contribution is 2.23. The molecule has 3 N–H and O–H groups in total. The van der Waals surface area contributed by atoms with Crippen LogP contribution in [0.1, 0.15) is 16.8 Å². The Morgan fingerprint density at radius 2 is 2.44 bits per heavy atom. The molecule has 0 radical (unpaired) electrons. The maximum atomic E-state index is 10.7. The minimum atomic E-state index is -1.08. The van der Waals surface area contributed by atoms with Crippen molar-refractivity contribution in [2.45, 2.75) is 12.0 Å². The van der Waals surface area contributed by atoms with Gasteiger partial charge in [-0.3, -0.25) is 0 Å². The fraction of sp³-hybridized carbons (Fsp3) is 0.455. The van der Waals surface area contributed by atoms with Crippen LogP contribution in [0.3, 0.4) is 0 Å². The number of aromatic nitrogens is 1. The van der Waals surface area contributed by atoms with Gasteiger partial charge in [-0.1, -0.05) is 11.6 Å². The maximum Gasteiger partial charge on any atom is 0.337 e. The number of nitrogens with one attached hydrogen (secondary N) is 1. The smallest absolute Gasteiger partial charge is 0.337 e. The number of ether oxygens (including phenoxy) is 1. The number of aromatic carboxylic acids is 1. The first-order valence-corrected chi connectivity index (χ1v) is 5.81. The monoisotopic (exact) mass is 272 g/mol. The van der Waals surface area contributed by atoms with Gasteiger partial charge in [-0.2, -0.15) is 0 Å². The Bertz CT molecular complexity index is 460. The molecule has 1 fully saturated rings. The number of carboxylic acid groups (broad SMARTS) is 1. The molecule has 2 heterocycles. The molecular formula is C11H13ClN2O4. The Labute approximate surface area is 109 Å². The highest BCUT2D eigenvalue weighted by atomic mass is 35.5. The van der Waals surface area contributed by atoms with Crippen LogP contribution in [0, 0.1) is 0 Å². The molecule has 1 atom stereocenters. The van der Waals surface area contributed by atoms with Gasteiger partial charge in [0.2, 0.25) is 0 Å². The van der Waals surface area contributed by atoms with Crippen molar-refractivity contribution < 1.29 is 19.7 Å². The summed E-state index contributed by atoms with van der Waals surface area (Å²) in [4.78, 5) is 14.6. The van der Waals surface area contributed by atoms with E-state index in [9.17, 15) is 9.90 Å². The molecule has 2 rings (SSSR count). The molecule has 1 aliphatic rings. The van der Waals surface area contributed by atoms with E-state index in [1.165, 1.54) is 12.3 Å². The second-order valence-electron chi connectivity index (χ2n) is 4.24. The number of carbonyl (C=O) groups is 1. The van der Waals surface area contributed by atoms with Crippen molar-refractivity contribution in [2.75, 3.05) is 25.1 Å². The zero-order valence-electron chi connectivity index (χ0n) is 9.52. The minimum Gasteiger partial charge on any atom is -0.478 e. The normalized spacial score (nSPS) is 23.0. The SMILES string of the molecule is O=C(O)c1cnc(NCC2(O)CCOC2)c(Cl)c1. The summed E-state index contributed by atoms with van der Waals surface area (Å²) in [6.07, 6.45) is 1.76. The zero-order valence-corrected chi connectivity index (χ0v) is 10.3. The Kier molecular flexibility index (Phi) is 3.70. The van der Waals surface area contributed by atoms with Crippen molar-refractivity contribution >= 4 is 23.4 Å². The van der Waals surface area contributed by atoms with Gasteiger partial charge in [-0.05, 0) is 6.07 Å². The summed E-state index contributed by atoms with van der Waals surface area (Å²) in [7, 11) is 0. The van der Waals surface area contributed by atoms with E-state index in [4.69, 9.17) is 21.4 Å². The molecule has 1 aromatic heterocycles. The first-order chi connectivity index (χ1) is 8.50. The predicted molar refractivity (Wildman–Crippen MR) is 65.1 cm³/mol. The van der Waals surface area contributed by atoms with Crippen molar-refractivity contribution in [1.82, 2.24) is 4.98 Å². The van der Waals surface area contributed by atoms with Crippen molar-refractivity contribution in [2.24, 2.45) is 0 Å². The van der Waals surface area contributed by atoms with Crippen LogP contribution in [0.25, 0.3) is 0 Å². The third-order valence-electron chi connectivity index (χ3n) is 2.76. The van der Waals surface area contributed by atoms with Gasteiger partial charge >= 0.3 is 5.97 Å². The van der Waals surface area contributed by atoms with Crippen LogP contribution < -0.4 is 5.32 Å². The molecule has 1 aromatic rings. The van der Waals surface area contributed by atoms with E-state index in [-0.39, 0.29) is 23.7 Å². The second kappa shape index (κ2) is 5.09. The van der Waals surface area contributed by atoms with Gasteiger partial charge in [-0.15, -0.1) is 0 Å². The van der Waals surface area contributed by atoms with E-state index in [0.717, 1.165) is 0 Å². The Balaban J connectivity index is 2.03. The molecule has 7 heteroatoms. The number of aliphatic hydroxyl groups is 1. The molecule has 0 spiro atoms. The molecule has 98 valence electrons. The molecule has 1 unspecified atom stereocenters. The lowest BCUT2D eigenvalue weighted by molar-refractivity contribution is 0.0381. The maximum absolute atomic E-state index is 10.7. The number of carboxylic acids is 1. The number of hydrogen-bond donors (Lipinski definition) is 3. The highest BCUT2D eigenvalue weighted by molar-refractivity contribution is 6.33. The van der Waals surface area contributed by atoms with Gasteiger partial charge in [0.15, 0.2) is 0 Å². The zero-order chi connectivity index (χ0) is 13.2. The van der Waals surface area contributed by atoms with Crippen molar-refractivity contribution in [1.29, 1.82) is 0 Å². The Hall–Kier alpha value is -1.37. The number of halogens is 1. The van der Waals surface area contributed by atoms with Gasteiger partial charge in [0, 0.05) is 25.8 Å². The second-order valence-corrected chi connectivity index (χ2v) is 4.65. The molecule has 1 saturated heterocycles. The summed E-state index contributed by atoms with van der Waals surface area (Å²) >= 11 is 5.90. The van der Waals surface area contributed by atoms with E-state index in [0.29, 0.717) is 18.8 Å². The van der Waals surface area contributed by atoms with E-state index in [1.807, 2.05) is 0 Å². The van der Waals surface area contributed by atoms with E-state index >= 15 is 0 Å². The fourth-order valence-electron chi connectivity index (χ4n) is 1.67. The first kappa shape index (κ1) is 13.1. The molecule has 6 nitrogen and oxygen atoms in total. The van der Waals surface area contributed by atoms with Crippen LogP contribution in [-0.4, -0.2) is 46.5 Å². The lowest BCUT2D eigenvalue weighted by Crippen LogP contribution is -2.37. The van der Waals surface area contributed by atoms with Crippen molar-refractivity contribution in [3.8, 4) is 0 Å². The highest BCUT2D eigenvalue weighted by Gasteiger charge is 2.32. The van der Waals surface area contributed by atoms with Gasteiger partial charge in [0.05, 0.1) is 17.2 Å². The van der Waals surface area contributed by atoms with Gasteiger partial charge < -0.3 is 20.3 Å². The molecule has 0 aliphatic carbocycles. The van der Waals surface area contributed by atoms with E-state index in [2.05, 4.69) is 10.3 Å². The molecule has 0 aromatic carbocycles. The predicted octanol–water partition coefficient (Wildman–Crippen LogP) is 0.996. The Morgan fingerprint density at radius 1 is 1.67 bits per heavy atom. The summed E-state index contributed by atoms with van der Waals surface area (Å²) < 4.78 is 5.11. The number of nitrogens with zero attached hydrogens (tertiary/aromatic N) is 1. The summed E-state index contributed by atoms with van der Waals surface area (Å²) in [5.74, 6) is -0.735. The molecule has 18 heavy (non-hydrogen) atoms. The molecule has 0 saturated carbocycles. The molecule has 1 aliphatic heterocycles. The number of anilines is 1. The fourth-order valence-corrected chi connectivity index (χ4v) is 1.90. The van der Waals surface area contributed by atoms with Crippen LogP contribution in [0.15, 0.2) is 12.3 Å². The summed E-state index contributed by atoms with van der Waals surface area (Å²) in [6.45, 7) is 1.05. The molecule has 0 amide bonds. The largest absolute Gasteiger partial charge is 0.478 e. The quantitative estimate of drug-likeness (QED) is 0.757. The number of hydrogen-bond acceptors (Lipinski definition) is 5. The van der Waals surface area contributed by atoms with Gasteiger partial charge in [0.25, 0.3) is 0 Å². The molecular weight excluding hydrogens is 260 g/mol. The average molecular weight is 273 g/mol. The van der Waals surface area contributed by atoms with Crippen LogP contribution in [-0.2, 0) is 4.74 Å². The average Bonchev–Trinajstić information content (AvgIpc) is 2.75. The lowest BCUT2D eigenvalue weighted by atomic mass is 10.0.